The lowest BCUT2D eigenvalue weighted by atomic mass is 9.99. The smallest absolute Gasteiger partial charge is 0.349 e. The lowest BCUT2D eigenvalue weighted by Gasteiger charge is -2.37. The average molecular weight is 502 g/mol. The van der Waals surface area contributed by atoms with Crippen LogP contribution in [0.2, 0.25) is 0 Å². The van der Waals surface area contributed by atoms with Gasteiger partial charge in [-0.15, -0.1) is 0 Å². The SMILES string of the molecule is CS(=O)(=O)N1C2CCC1CC(NC(=O)c1ccc(F)cc1NS(=O)(=O)CCC(F)(F)F)C2. The van der Waals surface area contributed by atoms with Crippen molar-refractivity contribution in [1.29, 1.82) is 0 Å². The third kappa shape index (κ3) is 6.10. The molecule has 2 bridgehead atoms. The molecule has 2 saturated heterocycles. The van der Waals surface area contributed by atoms with Gasteiger partial charge in [-0.2, -0.15) is 17.5 Å². The Balaban J connectivity index is 1.73. The van der Waals surface area contributed by atoms with Crippen LogP contribution in [0.4, 0.5) is 23.2 Å². The van der Waals surface area contributed by atoms with Gasteiger partial charge in [0.05, 0.1) is 29.7 Å². The van der Waals surface area contributed by atoms with Crippen molar-refractivity contribution >= 4 is 31.6 Å². The maximum absolute atomic E-state index is 13.7. The molecule has 0 saturated carbocycles. The summed E-state index contributed by atoms with van der Waals surface area (Å²) in [5.41, 5.74) is -0.721. The lowest BCUT2D eigenvalue weighted by molar-refractivity contribution is -0.129. The Labute approximate surface area is 183 Å². The van der Waals surface area contributed by atoms with E-state index >= 15 is 0 Å². The summed E-state index contributed by atoms with van der Waals surface area (Å²) in [6.07, 6.45) is -3.12. The van der Waals surface area contributed by atoms with Crippen LogP contribution >= 0.6 is 0 Å². The zero-order valence-corrected chi connectivity index (χ0v) is 18.7. The molecule has 2 heterocycles. The number of hydrogen-bond donors (Lipinski definition) is 2. The van der Waals surface area contributed by atoms with Crippen molar-refractivity contribution in [2.24, 2.45) is 0 Å². The molecule has 2 N–H and O–H groups in total. The predicted octanol–water partition coefficient (Wildman–Crippen LogP) is 2.20. The van der Waals surface area contributed by atoms with Crippen LogP contribution in [0.15, 0.2) is 18.2 Å². The van der Waals surface area contributed by atoms with Gasteiger partial charge in [-0.25, -0.2) is 21.2 Å². The van der Waals surface area contributed by atoms with E-state index in [0.29, 0.717) is 25.7 Å². The van der Waals surface area contributed by atoms with Crippen LogP contribution < -0.4 is 10.0 Å². The van der Waals surface area contributed by atoms with Crippen molar-refractivity contribution in [2.75, 3.05) is 16.7 Å². The fraction of sp³-hybridized carbons (Fsp3) is 0.611. The van der Waals surface area contributed by atoms with Crippen molar-refractivity contribution < 1.29 is 39.2 Å². The Morgan fingerprint density at radius 1 is 1.12 bits per heavy atom. The summed E-state index contributed by atoms with van der Waals surface area (Å²) in [6.45, 7) is 0. The van der Waals surface area contributed by atoms with Gasteiger partial charge in [0.2, 0.25) is 20.0 Å². The Morgan fingerprint density at radius 2 is 1.72 bits per heavy atom. The molecule has 0 aliphatic carbocycles. The topological polar surface area (TPSA) is 113 Å². The standard InChI is InChI=1S/C18H23F4N3O5S2/c1-31(27,28)25-13-3-4-14(25)10-12(9-13)23-17(26)15-5-2-11(19)8-16(15)24-32(29,30)7-6-18(20,21)22/h2,5,8,12-14,24H,3-4,6-7,9-10H2,1H3,(H,23,26). The fourth-order valence-electron chi connectivity index (χ4n) is 4.32. The van der Waals surface area contributed by atoms with Crippen molar-refractivity contribution in [3.63, 3.8) is 0 Å². The van der Waals surface area contributed by atoms with Crippen molar-refractivity contribution in [1.82, 2.24) is 9.62 Å². The second-order valence-corrected chi connectivity index (χ2v) is 11.8. The molecule has 180 valence electrons. The number of nitrogens with zero attached hydrogens (tertiary/aromatic N) is 1. The molecule has 3 rings (SSSR count). The summed E-state index contributed by atoms with van der Waals surface area (Å²) in [7, 11) is -7.89. The van der Waals surface area contributed by atoms with Gasteiger partial charge in [-0.05, 0) is 43.9 Å². The van der Waals surface area contributed by atoms with Crippen LogP contribution in [0.1, 0.15) is 42.5 Å². The molecular formula is C18H23F4N3O5S2. The van der Waals surface area contributed by atoms with Crippen LogP contribution in [0, 0.1) is 5.82 Å². The highest BCUT2D eigenvalue weighted by molar-refractivity contribution is 7.92. The number of benzene rings is 1. The quantitative estimate of drug-likeness (QED) is 0.557. The number of halogens is 4. The Bertz CT molecular complexity index is 1080. The minimum Gasteiger partial charge on any atom is -0.349 e. The molecule has 1 aromatic carbocycles. The molecule has 8 nitrogen and oxygen atoms in total. The van der Waals surface area contributed by atoms with Crippen molar-refractivity contribution in [3.8, 4) is 0 Å². The molecule has 1 aromatic rings. The van der Waals surface area contributed by atoms with E-state index in [0.717, 1.165) is 24.5 Å². The van der Waals surface area contributed by atoms with E-state index in [1.54, 1.807) is 0 Å². The highest BCUT2D eigenvalue weighted by Crippen LogP contribution is 2.37. The van der Waals surface area contributed by atoms with Crippen LogP contribution in [0.25, 0.3) is 0 Å². The van der Waals surface area contributed by atoms with Gasteiger partial charge in [-0.1, -0.05) is 0 Å². The fourth-order valence-corrected chi connectivity index (χ4v) is 6.90. The first kappa shape index (κ1) is 24.7. The van der Waals surface area contributed by atoms with Gasteiger partial charge in [0.1, 0.15) is 5.82 Å². The summed E-state index contributed by atoms with van der Waals surface area (Å²) >= 11 is 0. The summed E-state index contributed by atoms with van der Waals surface area (Å²) in [6, 6.07) is 1.77. The second-order valence-electron chi connectivity index (χ2n) is 8.10. The molecule has 2 atom stereocenters. The largest absolute Gasteiger partial charge is 0.390 e. The number of piperidine rings is 1. The van der Waals surface area contributed by atoms with E-state index in [-0.39, 0.29) is 17.6 Å². The molecule has 0 spiro atoms. The number of fused-ring (bicyclic) bond motifs is 2. The molecule has 14 heteroatoms. The molecule has 2 aliphatic rings. The van der Waals surface area contributed by atoms with E-state index in [2.05, 4.69) is 5.32 Å². The Kier molecular flexibility index (Phi) is 6.78. The first-order valence-electron chi connectivity index (χ1n) is 9.81. The first-order chi connectivity index (χ1) is 14.6. The zero-order chi connectivity index (χ0) is 23.9. The van der Waals surface area contributed by atoms with Crippen LogP contribution in [-0.4, -0.2) is 63.4 Å². The maximum Gasteiger partial charge on any atom is 0.390 e. The van der Waals surface area contributed by atoms with Gasteiger partial charge in [0.15, 0.2) is 0 Å². The van der Waals surface area contributed by atoms with Crippen LogP contribution in [-0.2, 0) is 20.0 Å². The maximum atomic E-state index is 13.7. The molecule has 0 aromatic heterocycles. The average Bonchev–Trinajstić information content (AvgIpc) is 2.91. The summed E-state index contributed by atoms with van der Waals surface area (Å²) < 4.78 is 102. The van der Waals surface area contributed by atoms with Crippen LogP contribution in [0.3, 0.4) is 0 Å². The number of hydrogen-bond acceptors (Lipinski definition) is 5. The van der Waals surface area contributed by atoms with Gasteiger partial charge in [0.25, 0.3) is 5.91 Å². The van der Waals surface area contributed by atoms with E-state index < -0.39 is 61.9 Å². The number of carbonyl (C=O) groups excluding carboxylic acids is 1. The monoisotopic (exact) mass is 501 g/mol. The van der Waals surface area contributed by atoms with Gasteiger partial charge in [-0.3, -0.25) is 9.52 Å². The number of amides is 1. The first-order valence-corrected chi connectivity index (χ1v) is 13.3. The molecule has 2 unspecified atom stereocenters. The molecule has 2 fully saturated rings. The number of nitrogens with one attached hydrogen (secondary N) is 2. The third-order valence-corrected chi connectivity index (χ3v) is 8.16. The highest BCUT2D eigenvalue weighted by atomic mass is 32.2. The minimum atomic E-state index is -4.70. The van der Waals surface area contributed by atoms with Gasteiger partial charge < -0.3 is 5.32 Å². The van der Waals surface area contributed by atoms with E-state index in [1.165, 1.54) is 4.31 Å². The molecule has 1 amide bonds. The highest BCUT2D eigenvalue weighted by Gasteiger charge is 2.45. The van der Waals surface area contributed by atoms with E-state index in [1.807, 2.05) is 4.72 Å². The molecule has 2 aliphatic heterocycles. The summed E-state index contributed by atoms with van der Waals surface area (Å²) in [4.78, 5) is 12.8. The van der Waals surface area contributed by atoms with Gasteiger partial charge >= 0.3 is 6.18 Å². The molecule has 32 heavy (non-hydrogen) atoms. The van der Waals surface area contributed by atoms with E-state index in [9.17, 15) is 39.2 Å². The molecule has 0 radical (unpaired) electrons. The van der Waals surface area contributed by atoms with Gasteiger partial charge in [0, 0.05) is 18.1 Å². The predicted molar refractivity (Wildman–Crippen MR) is 108 cm³/mol. The normalized spacial score (nSPS) is 24.3. The number of rotatable bonds is 7. The van der Waals surface area contributed by atoms with E-state index in [4.69, 9.17) is 0 Å². The number of carbonyl (C=O) groups is 1. The Morgan fingerprint density at radius 3 is 2.25 bits per heavy atom. The number of alkyl halides is 3. The zero-order valence-electron chi connectivity index (χ0n) is 17.0. The lowest BCUT2D eigenvalue weighted by Crippen LogP contribution is -2.52. The Hall–Kier alpha value is -1.93. The summed E-state index contributed by atoms with van der Waals surface area (Å²) in [5.74, 6) is -2.90. The van der Waals surface area contributed by atoms with Crippen molar-refractivity contribution in [2.45, 2.75) is 56.4 Å². The second kappa shape index (κ2) is 8.78. The minimum absolute atomic E-state index is 0.250. The van der Waals surface area contributed by atoms with Crippen LogP contribution in [0.5, 0.6) is 0 Å². The van der Waals surface area contributed by atoms with Crippen molar-refractivity contribution in [3.05, 3.63) is 29.6 Å². The number of sulfonamides is 2. The third-order valence-electron chi connectivity index (χ3n) is 5.53. The number of anilines is 1. The summed E-state index contributed by atoms with van der Waals surface area (Å²) in [5, 5.41) is 2.71. The molecular weight excluding hydrogens is 478 g/mol.